The molecule has 1 heterocycles. The molecule has 0 radical (unpaired) electrons. The summed E-state index contributed by atoms with van der Waals surface area (Å²) in [5, 5.41) is 6.57. The van der Waals surface area contributed by atoms with E-state index in [0.29, 0.717) is 22.6 Å². The molecule has 0 aliphatic heterocycles. The van der Waals surface area contributed by atoms with Crippen LogP contribution in [-0.2, 0) is 9.59 Å². The third-order valence-corrected chi connectivity index (χ3v) is 4.51. The molecule has 0 saturated carbocycles. The molecule has 0 saturated heterocycles. The molecule has 0 aliphatic carbocycles. The minimum absolute atomic E-state index is 0.0387. The third-order valence-electron chi connectivity index (χ3n) is 4.51. The summed E-state index contributed by atoms with van der Waals surface area (Å²) < 4.78 is 5.74. The zero-order valence-corrected chi connectivity index (χ0v) is 17.0. The average molecular weight is 391 g/mol. The molecule has 2 N–H and O–H groups in total. The van der Waals surface area contributed by atoms with E-state index in [0.717, 1.165) is 5.39 Å². The van der Waals surface area contributed by atoms with Crippen molar-refractivity contribution in [3.63, 3.8) is 0 Å². The molecule has 150 valence electrons. The highest BCUT2D eigenvalue weighted by molar-refractivity contribution is 6.15. The summed E-state index contributed by atoms with van der Waals surface area (Å²) in [4.78, 5) is 30.2. The number of nitrogens with one attached hydrogen (secondary N) is 2. The van der Waals surface area contributed by atoms with Gasteiger partial charge in [0.25, 0.3) is 0 Å². The minimum atomic E-state index is -1.32. The van der Waals surface area contributed by atoms with Crippen LogP contribution in [0.1, 0.15) is 27.7 Å². The number of pyridine rings is 1. The van der Waals surface area contributed by atoms with Gasteiger partial charge in [-0.25, -0.2) is 0 Å². The molecular weight excluding hydrogens is 366 g/mol. The van der Waals surface area contributed by atoms with E-state index in [-0.39, 0.29) is 6.10 Å². The normalized spacial score (nSPS) is 11.3. The molecule has 0 bridgehead atoms. The Morgan fingerprint density at radius 3 is 2.24 bits per heavy atom. The fraction of sp³-hybridized carbons (Fsp3) is 0.261. The smallest absolute Gasteiger partial charge is 0.239 e. The van der Waals surface area contributed by atoms with Crippen molar-refractivity contribution in [1.29, 1.82) is 0 Å². The van der Waals surface area contributed by atoms with Crippen molar-refractivity contribution < 1.29 is 14.3 Å². The maximum atomic E-state index is 12.9. The highest BCUT2D eigenvalue weighted by Gasteiger charge is 2.36. The van der Waals surface area contributed by atoms with Crippen molar-refractivity contribution in [2.75, 3.05) is 10.6 Å². The maximum absolute atomic E-state index is 12.9. The Kier molecular flexibility index (Phi) is 5.82. The molecule has 1 aromatic heterocycles. The van der Waals surface area contributed by atoms with E-state index in [1.54, 1.807) is 44.3 Å². The monoisotopic (exact) mass is 391 g/mol. The first-order valence-corrected chi connectivity index (χ1v) is 9.51. The van der Waals surface area contributed by atoms with Crippen LogP contribution in [0.15, 0.2) is 60.8 Å². The molecule has 0 spiro atoms. The van der Waals surface area contributed by atoms with Crippen molar-refractivity contribution >= 4 is 34.1 Å². The molecular formula is C23H25N3O3. The van der Waals surface area contributed by atoms with Gasteiger partial charge < -0.3 is 15.4 Å². The number of hydrogen-bond donors (Lipinski definition) is 2. The van der Waals surface area contributed by atoms with Crippen molar-refractivity contribution in [3.8, 4) is 5.75 Å². The summed E-state index contributed by atoms with van der Waals surface area (Å²) in [6.45, 7) is 6.99. The number of nitrogens with zero attached hydrogens (tertiary/aromatic N) is 1. The second-order valence-electron chi connectivity index (χ2n) is 7.58. The molecule has 2 aromatic carbocycles. The molecule has 6 nitrogen and oxygen atoms in total. The Balaban J connectivity index is 1.79. The van der Waals surface area contributed by atoms with Gasteiger partial charge >= 0.3 is 0 Å². The van der Waals surface area contributed by atoms with Crippen molar-refractivity contribution in [2.24, 2.45) is 5.41 Å². The average Bonchev–Trinajstić information content (AvgIpc) is 2.69. The Labute approximate surface area is 170 Å². The lowest BCUT2D eigenvalue weighted by Gasteiger charge is -2.24. The van der Waals surface area contributed by atoms with Gasteiger partial charge in [0, 0.05) is 11.6 Å². The first kappa shape index (κ1) is 20.3. The van der Waals surface area contributed by atoms with E-state index in [1.165, 1.54) is 0 Å². The second kappa shape index (κ2) is 8.31. The van der Waals surface area contributed by atoms with Crippen LogP contribution in [0.25, 0.3) is 10.9 Å². The molecule has 29 heavy (non-hydrogen) atoms. The van der Waals surface area contributed by atoms with E-state index in [4.69, 9.17) is 4.74 Å². The quantitative estimate of drug-likeness (QED) is 0.601. The number of aromatic nitrogens is 1. The summed E-state index contributed by atoms with van der Waals surface area (Å²) in [5.74, 6) is -0.288. The summed E-state index contributed by atoms with van der Waals surface area (Å²) in [6.07, 6.45) is 1.63. The Morgan fingerprint density at radius 1 is 0.897 bits per heavy atom. The molecule has 3 rings (SSSR count). The highest BCUT2D eigenvalue weighted by atomic mass is 16.5. The van der Waals surface area contributed by atoms with Gasteiger partial charge in [-0.15, -0.1) is 0 Å². The highest BCUT2D eigenvalue weighted by Crippen LogP contribution is 2.29. The summed E-state index contributed by atoms with van der Waals surface area (Å²) in [5.41, 5.74) is 0.452. The van der Waals surface area contributed by atoms with E-state index < -0.39 is 17.2 Å². The minimum Gasteiger partial charge on any atom is -0.489 e. The molecule has 0 fully saturated rings. The topological polar surface area (TPSA) is 80.3 Å². The first-order chi connectivity index (χ1) is 13.8. The molecule has 6 heteroatoms. The number of hydrogen-bond acceptors (Lipinski definition) is 4. The number of para-hydroxylation sites is 3. The number of ether oxygens (including phenoxy) is 1. The summed E-state index contributed by atoms with van der Waals surface area (Å²) in [7, 11) is 0. The first-order valence-electron chi connectivity index (χ1n) is 9.51. The molecule has 0 aliphatic rings. The van der Waals surface area contributed by atoms with Crippen LogP contribution in [0, 0.1) is 5.41 Å². The van der Waals surface area contributed by atoms with Crippen molar-refractivity contribution in [1.82, 2.24) is 4.98 Å². The third kappa shape index (κ3) is 4.54. The second-order valence-corrected chi connectivity index (χ2v) is 7.58. The Hall–Kier alpha value is -3.41. The van der Waals surface area contributed by atoms with E-state index in [2.05, 4.69) is 15.6 Å². The van der Waals surface area contributed by atoms with E-state index in [9.17, 15) is 9.59 Å². The van der Waals surface area contributed by atoms with Gasteiger partial charge in [-0.3, -0.25) is 14.6 Å². The number of benzene rings is 2. The van der Waals surface area contributed by atoms with Crippen LogP contribution in [0.5, 0.6) is 5.75 Å². The van der Waals surface area contributed by atoms with Gasteiger partial charge in [0.05, 0.1) is 23.0 Å². The lowest BCUT2D eigenvalue weighted by molar-refractivity contribution is -0.135. The Bertz CT molecular complexity index is 1040. The maximum Gasteiger partial charge on any atom is 0.239 e. The van der Waals surface area contributed by atoms with Crippen molar-refractivity contribution in [2.45, 2.75) is 33.8 Å². The Morgan fingerprint density at radius 2 is 1.52 bits per heavy atom. The van der Waals surface area contributed by atoms with Gasteiger partial charge in [-0.2, -0.15) is 0 Å². The van der Waals surface area contributed by atoms with Gasteiger partial charge in [-0.05, 0) is 52.0 Å². The molecule has 0 atom stereocenters. The standard InChI is InChI=1S/C23H25N3O3/c1-15(2)29-19-13-6-5-11-17(19)25-21(27)23(3,4)22(28)26-18-12-7-9-16-10-8-14-24-20(16)18/h5-15H,1-4H3,(H,25,27)(H,26,28). The van der Waals surface area contributed by atoms with E-state index in [1.807, 2.05) is 44.2 Å². The lowest BCUT2D eigenvalue weighted by Crippen LogP contribution is -2.41. The van der Waals surface area contributed by atoms with Crippen LogP contribution < -0.4 is 15.4 Å². The molecule has 2 amide bonds. The van der Waals surface area contributed by atoms with E-state index >= 15 is 0 Å². The number of anilines is 2. The summed E-state index contributed by atoms with van der Waals surface area (Å²) >= 11 is 0. The number of carbonyl (C=O) groups is 2. The molecule has 0 unspecified atom stereocenters. The fourth-order valence-electron chi connectivity index (χ4n) is 2.79. The SMILES string of the molecule is CC(C)Oc1ccccc1NC(=O)C(C)(C)C(=O)Nc1cccc2cccnc12. The summed E-state index contributed by atoms with van der Waals surface area (Å²) in [6, 6.07) is 16.4. The largest absolute Gasteiger partial charge is 0.489 e. The van der Waals surface area contributed by atoms with Gasteiger partial charge in [0.2, 0.25) is 11.8 Å². The zero-order valence-electron chi connectivity index (χ0n) is 17.0. The van der Waals surface area contributed by atoms with Gasteiger partial charge in [-0.1, -0.05) is 30.3 Å². The zero-order chi connectivity index (χ0) is 21.0. The van der Waals surface area contributed by atoms with Crippen LogP contribution >= 0.6 is 0 Å². The predicted octanol–water partition coefficient (Wildman–Crippen LogP) is 4.63. The lowest BCUT2D eigenvalue weighted by atomic mass is 9.90. The van der Waals surface area contributed by atoms with Crippen LogP contribution in [0.4, 0.5) is 11.4 Å². The number of fused-ring (bicyclic) bond motifs is 1. The van der Waals surface area contributed by atoms with Crippen molar-refractivity contribution in [3.05, 3.63) is 60.8 Å². The number of carbonyl (C=O) groups excluding carboxylic acids is 2. The van der Waals surface area contributed by atoms with Crippen LogP contribution in [0.3, 0.4) is 0 Å². The van der Waals surface area contributed by atoms with Crippen LogP contribution in [-0.4, -0.2) is 22.9 Å². The number of amides is 2. The number of rotatable bonds is 6. The van der Waals surface area contributed by atoms with Gasteiger partial charge in [0.1, 0.15) is 11.2 Å². The van der Waals surface area contributed by atoms with Crippen LogP contribution in [0.2, 0.25) is 0 Å². The van der Waals surface area contributed by atoms with Gasteiger partial charge in [0.15, 0.2) is 0 Å². The molecule has 3 aromatic rings. The fourth-order valence-corrected chi connectivity index (χ4v) is 2.79. The predicted molar refractivity (Wildman–Crippen MR) is 115 cm³/mol.